The first-order chi connectivity index (χ1) is 9.76. The maximum absolute atomic E-state index is 5.93. The van der Waals surface area contributed by atoms with Crippen molar-refractivity contribution in [1.82, 2.24) is 14.5 Å². The van der Waals surface area contributed by atoms with E-state index in [1.165, 1.54) is 0 Å². The molecule has 21 heavy (non-hydrogen) atoms. The minimum atomic E-state index is -0.335. The molecule has 6 nitrogen and oxygen atoms in total. The second kappa shape index (κ2) is 5.63. The Morgan fingerprint density at radius 1 is 1.33 bits per heavy atom. The number of hydrogen-bond acceptors (Lipinski definition) is 5. The van der Waals surface area contributed by atoms with Gasteiger partial charge >= 0.3 is 0 Å². The number of nitrogens with zero attached hydrogens (tertiary/aromatic N) is 4. The zero-order valence-electron chi connectivity index (χ0n) is 13.3. The summed E-state index contributed by atoms with van der Waals surface area (Å²) in [6, 6.07) is 3.70. The summed E-state index contributed by atoms with van der Waals surface area (Å²) in [5.74, 6) is 2.23. The van der Waals surface area contributed by atoms with E-state index in [1.807, 2.05) is 62.7 Å². The molecule has 114 valence electrons. The molecule has 0 bridgehead atoms. The second-order valence-electron chi connectivity index (χ2n) is 6.09. The zero-order chi connectivity index (χ0) is 15.6. The van der Waals surface area contributed by atoms with Gasteiger partial charge in [-0.1, -0.05) is 0 Å². The summed E-state index contributed by atoms with van der Waals surface area (Å²) >= 11 is 0. The minimum Gasteiger partial charge on any atom is -0.470 e. The predicted octanol–water partition coefficient (Wildman–Crippen LogP) is 2.21. The van der Waals surface area contributed by atoms with Crippen molar-refractivity contribution >= 4 is 11.5 Å². The first-order valence-corrected chi connectivity index (χ1v) is 6.89. The lowest BCUT2D eigenvalue weighted by molar-refractivity contribution is 0.125. The van der Waals surface area contributed by atoms with E-state index in [4.69, 9.17) is 10.5 Å². The van der Waals surface area contributed by atoms with Crippen LogP contribution in [0.15, 0.2) is 24.5 Å². The fourth-order valence-corrected chi connectivity index (χ4v) is 1.87. The van der Waals surface area contributed by atoms with Gasteiger partial charge in [0.25, 0.3) is 0 Å². The van der Waals surface area contributed by atoms with Crippen LogP contribution in [0.25, 0.3) is 0 Å². The SMILES string of the molecule is CN(Cc1nccn1C)c1ccc(N)c(OC(C)(C)C)n1. The van der Waals surface area contributed by atoms with E-state index in [9.17, 15) is 0 Å². The first-order valence-electron chi connectivity index (χ1n) is 6.89. The largest absolute Gasteiger partial charge is 0.470 e. The van der Waals surface area contributed by atoms with Crippen LogP contribution >= 0.6 is 0 Å². The Kier molecular flexibility index (Phi) is 4.06. The number of aromatic nitrogens is 3. The molecule has 2 heterocycles. The minimum absolute atomic E-state index is 0.335. The molecule has 0 spiro atoms. The van der Waals surface area contributed by atoms with E-state index >= 15 is 0 Å². The van der Waals surface area contributed by atoms with Crippen molar-refractivity contribution < 1.29 is 4.74 Å². The van der Waals surface area contributed by atoms with E-state index in [1.54, 1.807) is 6.20 Å². The Hall–Kier alpha value is -2.24. The van der Waals surface area contributed by atoms with Crippen LogP contribution in [0.5, 0.6) is 5.88 Å². The molecule has 0 radical (unpaired) electrons. The Labute approximate surface area is 125 Å². The quantitative estimate of drug-likeness (QED) is 0.934. The van der Waals surface area contributed by atoms with E-state index in [0.29, 0.717) is 18.1 Å². The molecule has 2 aromatic rings. The van der Waals surface area contributed by atoms with Crippen LogP contribution in [-0.4, -0.2) is 27.2 Å². The topological polar surface area (TPSA) is 69.2 Å². The van der Waals surface area contributed by atoms with Crippen molar-refractivity contribution in [3.8, 4) is 5.88 Å². The number of imidazole rings is 1. The highest BCUT2D eigenvalue weighted by Crippen LogP contribution is 2.26. The van der Waals surface area contributed by atoms with Crippen LogP contribution in [0, 0.1) is 0 Å². The summed E-state index contributed by atoms with van der Waals surface area (Å²) in [7, 11) is 3.94. The number of anilines is 2. The Morgan fingerprint density at radius 2 is 2.05 bits per heavy atom. The number of ether oxygens (including phenoxy) is 1. The highest BCUT2D eigenvalue weighted by atomic mass is 16.5. The number of hydrogen-bond donors (Lipinski definition) is 1. The van der Waals surface area contributed by atoms with E-state index in [0.717, 1.165) is 11.6 Å². The molecule has 0 aliphatic rings. The molecule has 0 saturated heterocycles. The van der Waals surface area contributed by atoms with Crippen molar-refractivity contribution in [1.29, 1.82) is 0 Å². The van der Waals surface area contributed by atoms with Crippen LogP contribution in [0.3, 0.4) is 0 Å². The molecule has 0 aromatic carbocycles. The van der Waals surface area contributed by atoms with Crippen molar-refractivity contribution in [2.45, 2.75) is 32.9 Å². The molecule has 0 aliphatic carbocycles. The molecular weight excluding hydrogens is 266 g/mol. The number of rotatable bonds is 4. The average Bonchev–Trinajstić information content (AvgIpc) is 2.76. The lowest BCUT2D eigenvalue weighted by Crippen LogP contribution is -2.25. The lowest BCUT2D eigenvalue weighted by Gasteiger charge is -2.23. The van der Waals surface area contributed by atoms with Gasteiger partial charge in [-0.3, -0.25) is 0 Å². The standard InChI is InChI=1S/C15H23N5O/c1-15(2,3)21-14-11(16)6-7-12(18-14)20(5)10-13-17-8-9-19(13)4/h6-9H,10,16H2,1-5H3. The monoisotopic (exact) mass is 289 g/mol. The number of aryl methyl sites for hydroxylation is 1. The zero-order valence-corrected chi connectivity index (χ0v) is 13.3. The molecule has 2 aromatic heterocycles. The van der Waals surface area contributed by atoms with Crippen molar-refractivity contribution in [2.75, 3.05) is 17.7 Å². The van der Waals surface area contributed by atoms with E-state index < -0.39 is 0 Å². The lowest BCUT2D eigenvalue weighted by atomic mass is 10.2. The van der Waals surface area contributed by atoms with Gasteiger partial charge < -0.3 is 19.9 Å². The van der Waals surface area contributed by atoms with Gasteiger partial charge in [0.15, 0.2) is 0 Å². The fraction of sp³-hybridized carbons (Fsp3) is 0.467. The van der Waals surface area contributed by atoms with E-state index in [2.05, 4.69) is 9.97 Å². The Morgan fingerprint density at radius 3 is 2.62 bits per heavy atom. The van der Waals surface area contributed by atoms with Crippen molar-refractivity contribution in [2.24, 2.45) is 7.05 Å². The summed E-state index contributed by atoms with van der Waals surface area (Å²) < 4.78 is 7.79. The summed E-state index contributed by atoms with van der Waals surface area (Å²) in [4.78, 5) is 10.8. The maximum atomic E-state index is 5.93. The molecule has 6 heteroatoms. The molecule has 0 unspecified atom stereocenters. The van der Waals surface area contributed by atoms with Crippen molar-refractivity contribution in [3.05, 3.63) is 30.4 Å². The third-order valence-electron chi connectivity index (χ3n) is 2.97. The van der Waals surface area contributed by atoms with Crippen LogP contribution in [-0.2, 0) is 13.6 Å². The Bertz CT molecular complexity index is 615. The van der Waals surface area contributed by atoms with Crippen molar-refractivity contribution in [3.63, 3.8) is 0 Å². The second-order valence-corrected chi connectivity index (χ2v) is 6.09. The summed E-state index contributed by atoms with van der Waals surface area (Å²) in [6.45, 7) is 6.57. The normalized spacial score (nSPS) is 11.5. The van der Waals surface area contributed by atoms with Gasteiger partial charge in [0.2, 0.25) is 5.88 Å². The van der Waals surface area contributed by atoms with Crippen LogP contribution in [0.4, 0.5) is 11.5 Å². The Balaban J connectivity index is 2.20. The number of pyridine rings is 1. The molecule has 2 rings (SSSR count). The molecular formula is C15H23N5O. The molecule has 0 fully saturated rings. The summed E-state index contributed by atoms with van der Waals surface area (Å²) in [6.07, 6.45) is 3.71. The van der Waals surface area contributed by atoms with Gasteiger partial charge in [0.05, 0.1) is 12.2 Å². The third kappa shape index (κ3) is 3.87. The third-order valence-corrected chi connectivity index (χ3v) is 2.97. The number of nitrogen functional groups attached to an aromatic ring is 1. The number of nitrogens with two attached hydrogens (primary N) is 1. The van der Waals surface area contributed by atoms with Crippen LogP contribution < -0.4 is 15.4 Å². The molecule has 0 aliphatic heterocycles. The summed E-state index contributed by atoms with van der Waals surface area (Å²) in [5.41, 5.74) is 6.14. The van der Waals surface area contributed by atoms with Gasteiger partial charge in [0.1, 0.15) is 17.2 Å². The molecule has 2 N–H and O–H groups in total. The van der Waals surface area contributed by atoms with Gasteiger partial charge in [-0.15, -0.1) is 0 Å². The highest BCUT2D eigenvalue weighted by Gasteiger charge is 2.16. The van der Waals surface area contributed by atoms with Gasteiger partial charge in [-0.2, -0.15) is 4.98 Å². The van der Waals surface area contributed by atoms with Crippen LogP contribution in [0.2, 0.25) is 0 Å². The summed E-state index contributed by atoms with van der Waals surface area (Å²) in [5, 5.41) is 0. The fourth-order valence-electron chi connectivity index (χ4n) is 1.87. The predicted molar refractivity (Wildman–Crippen MR) is 84.3 cm³/mol. The van der Waals surface area contributed by atoms with E-state index in [-0.39, 0.29) is 5.60 Å². The first kappa shape index (κ1) is 15.2. The molecule has 0 saturated carbocycles. The van der Waals surface area contributed by atoms with Gasteiger partial charge in [-0.05, 0) is 32.9 Å². The van der Waals surface area contributed by atoms with Gasteiger partial charge in [-0.25, -0.2) is 4.98 Å². The van der Waals surface area contributed by atoms with Gasteiger partial charge in [0, 0.05) is 26.5 Å². The maximum Gasteiger partial charge on any atom is 0.239 e. The molecule has 0 amide bonds. The highest BCUT2D eigenvalue weighted by molar-refractivity contribution is 5.54. The molecule has 0 atom stereocenters. The average molecular weight is 289 g/mol. The smallest absolute Gasteiger partial charge is 0.239 e. The van der Waals surface area contributed by atoms with Crippen LogP contribution in [0.1, 0.15) is 26.6 Å².